The summed E-state index contributed by atoms with van der Waals surface area (Å²) in [6.45, 7) is 0. The van der Waals surface area contributed by atoms with Crippen molar-refractivity contribution in [3.05, 3.63) is 54.0 Å². The molecule has 0 saturated heterocycles. The Hall–Kier alpha value is -2.74. The molecule has 19 heavy (non-hydrogen) atoms. The molecule has 1 amide bonds. The summed E-state index contributed by atoms with van der Waals surface area (Å²) in [4.78, 5) is 12.1. The molecule has 1 N–H and O–H groups in total. The van der Waals surface area contributed by atoms with Crippen LogP contribution in [0.4, 0.5) is 0 Å². The summed E-state index contributed by atoms with van der Waals surface area (Å²) in [6, 6.07) is 11.3. The van der Waals surface area contributed by atoms with Crippen molar-refractivity contribution in [1.29, 1.82) is 5.26 Å². The fourth-order valence-electron chi connectivity index (χ4n) is 1.66. The van der Waals surface area contributed by atoms with Crippen LogP contribution in [0.25, 0.3) is 0 Å². The predicted molar refractivity (Wildman–Crippen MR) is 67.5 cm³/mol. The van der Waals surface area contributed by atoms with Gasteiger partial charge in [0.15, 0.2) is 6.04 Å². The smallest absolute Gasteiger partial charge is 0.256 e. The van der Waals surface area contributed by atoms with Crippen LogP contribution in [0.3, 0.4) is 0 Å². The number of furan rings is 1. The van der Waals surface area contributed by atoms with E-state index in [1.165, 1.54) is 13.4 Å². The van der Waals surface area contributed by atoms with Crippen LogP contribution in [0.5, 0.6) is 5.75 Å². The number of nitrogens with one attached hydrogen (secondary N) is 1. The number of nitriles is 1. The van der Waals surface area contributed by atoms with E-state index in [0.29, 0.717) is 17.1 Å². The first kappa shape index (κ1) is 12.7. The lowest BCUT2D eigenvalue weighted by molar-refractivity contribution is 0.0938. The molecule has 0 aliphatic heterocycles. The number of para-hydroxylation sites is 1. The third kappa shape index (κ3) is 2.75. The molecule has 5 heteroatoms. The van der Waals surface area contributed by atoms with E-state index in [0.717, 1.165) is 0 Å². The summed E-state index contributed by atoms with van der Waals surface area (Å²) in [5.41, 5.74) is 0.372. The molecule has 0 aliphatic carbocycles. The van der Waals surface area contributed by atoms with Gasteiger partial charge in [-0.15, -0.1) is 0 Å². The van der Waals surface area contributed by atoms with E-state index in [9.17, 15) is 4.79 Å². The number of hydrogen-bond donors (Lipinski definition) is 1. The summed E-state index contributed by atoms with van der Waals surface area (Å²) < 4.78 is 10.2. The van der Waals surface area contributed by atoms with Gasteiger partial charge in [-0.05, 0) is 24.3 Å². The highest BCUT2D eigenvalue weighted by atomic mass is 16.5. The fourth-order valence-corrected chi connectivity index (χ4v) is 1.66. The number of benzene rings is 1. The van der Waals surface area contributed by atoms with Gasteiger partial charge in [0.1, 0.15) is 11.5 Å². The summed E-state index contributed by atoms with van der Waals surface area (Å²) in [5.74, 6) is 0.460. The molecule has 1 aromatic carbocycles. The Morgan fingerprint density at radius 1 is 1.37 bits per heavy atom. The van der Waals surface area contributed by atoms with Gasteiger partial charge in [-0.25, -0.2) is 0 Å². The number of ether oxygens (including phenoxy) is 1. The summed E-state index contributed by atoms with van der Waals surface area (Å²) in [7, 11) is 1.49. The maximum atomic E-state index is 12.1. The van der Waals surface area contributed by atoms with Gasteiger partial charge in [0.25, 0.3) is 5.91 Å². The lowest BCUT2D eigenvalue weighted by atomic mass is 10.1. The van der Waals surface area contributed by atoms with Crippen molar-refractivity contribution in [3.63, 3.8) is 0 Å². The van der Waals surface area contributed by atoms with E-state index in [2.05, 4.69) is 5.32 Å². The fraction of sp³-hybridized carbons (Fsp3) is 0.143. The molecule has 1 heterocycles. The average molecular weight is 256 g/mol. The van der Waals surface area contributed by atoms with Gasteiger partial charge in [-0.2, -0.15) is 5.26 Å². The first-order chi connectivity index (χ1) is 9.26. The van der Waals surface area contributed by atoms with E-state index in [4.69, 9.17) is 14.4 Å². The molecule has 0 aliphatic rings. The maximum absolute atomic E-state index is 12.1. The molecule has 0 spiro atoms. The maximum Gasteiger partial charge on any atom is 0.256 e. The number of hydrogen-bond acceptors (Lipinski definition) is 4. The molecular formula is C14H12N2O3. The molecule has 2 rings (SSSR count). The highest BCUT2D eigenvalue weighted by Gasteiger charge is 2.19. The van der Waals surface area contributed by atoms with Crippen LogP contribution < -0.4 is 10.1 Å². The molecule has 0 bridgehead atoms. The lowest BCUT2D eigenvalue weighted by Gasteiger charge is -2.11. The predicted octanol–water partition coefficient (Wildman–Crippen LogP) is 2.28. The molecule has 96 valence electrons. The topological polar surface area (TPSA) is 75.3 Å². The van der Waals surface area contributed by atoms with Crippen molar-refractivity contribution in [3.8, 4) is 11.8 Å². The number of carbonyl (C=O) groups is 1. The van der Waals surface area contributed by atoms with Gasteiger partial charge >= 0.3 is 0 Å². The van der Waals surface area contributed by atoms with Gasteiger partial charge < -0.3 is 14.5 Å². The van der Waals surface area contributed by atoms with E-state index in [-0.39, 0.29) is 5.91 Å². The highest BCUT2D eigenvalue weighted by Crippen LogP contribution is 2.19. The Balaban J connectivity index is 2.19. The number of rotatable bonds is 4. The number of methoxy groups -OCH3 is 1. The van der Waals surface area contributed by atoms with Crippen LogP contribution in [-0.2, 0) is 0 Å². The van der Waals surface area contributed by atoms with Crippen LogP contribution in [0.1, 0.15) is 22.2 Å². The van der Waals surface area contributed by atoms with Crippen molar-refractivity contribution < 1.29 is 13.9 Å². The minimum Gasteiger partial charge on any atom is -0.496 e. The molecule has 1 unspecified atom stereocenters. The second-order valence-electron chi connectivity index (χ2n) is 3.75. The van der Waals surface area contributed by atoms with Gasteiger partial charge in [-0.3, -0.25) is 4.79 Å². The molecular weight excluding hydrogens is 244 g/mol. The number of nitrogens with zero attached hydrogens (tertiary/aromatic N) is 1. The zero-order chi connectivity index (χ0) is 13.7. The molecule has 1 aromatic heterocycles. The second-order valence-corrected chi connectivity index (χ2v) is 3.75. The SMILES string of the molecule is COc1ccccc1C(=O)NC(C#N)c1ccco1. The molecule has 2 aromatic rings. The van der Waals surface area contributed by atoms with Gasteiger partial charge in [0.05, 0.1) is 25.0 Å². The number of amides is 1. The standard InChI is InChI=1S/C14H12N2O3/c1-18-12-6-3-2-5-10(12)14(17)16-11(9-15)13-7-4-8-19-13/h2-8,11H,1H3,(H,16,17). The second kappa shape index (κ2) is 5.74. The van der Waals surface area contributed by atoms with Gasteiger partial charge in [0, 0.05) is 0 Å². The third-order valence-corrected chi connectivity index (χ3v) is 2.58. The van der Waals surface area contributed by atoms with Crippen molar-refractivity contribution in [2.75, 3.05) is 7.11 Å². The van der Waals surface area contributed by atoms with Gasteiger partial charge in [-0.1, -0.05) is 12.1 Å². The summed E-state index contributed by atoms with van der Waals surface area (Å²) in [5, 5.41) is 11.7. The molecule has 0 fully saturated rings. The zero-order valence-corrected chi connectivity index (χ0v) is 10.3. The third-order valence-electron chi connectivity index (χ3n) is 2.58. The quantitative estimate of drug-likeness (QED) is 0.910. The Bertz CT molecular complexity index is 599. The molecule has 0 saturated carbocycles. The van der Waals surface area contributed by atoms with Gasteiger partial charge in [0.2, 0.25) is 0 Å². The van der Waals surface area contributed by atoms with Crippen LogP contribution in [0.2, 0.25) is 0 Å². The van der Waals surface area contributed by atoms with Crippen molar-refractivity contribution >= 4 is 5.91 Å². The first-order valence-electron chi connectivity index (χ1n) is 5.63. The Labute approximate surface area is 110 Å². The lowest BCUT2D eigenvalue weighted by Crippen LogP contribution is -2.27. The van der Waals surface area contributed by atoms with E-state index < -0.39 is 6.04 Å². The van der Waals surface area contributed by atoms with E-state index in [1.807, 2.05) is 6.07 Å². The van der Waals surface area contributed by atoms with Crippen molar-refractivity contribution in [1.82, 2.24) is 5.32 Å². The highest BCUT2D eigenvalue weighted by molar-refractivity contribution is 5.97. The molecule has 1 atom stereocenters. The van der Waals surface area contributed by atoms with Crippen LogP contribution >= 0.6 is 0 Å². The minimum absolute atomic E-state index is 0.372. The van der Waals surface area contributed by atoms with E-state index >= 15 is 0 Å². The first-order valence-corrected chi connectivity index (χ1v) is 5.63. The summed E-state index contributed by atoms with van der Waals surface area (Å²) >= 11 is 0. The number of carbonyl (C=O) groups excluding carboxylic acids is 1. The van der Waals surface area contributed by atoms with Crippen LogP contribution in [0.15, 0.2) is 47.1 Å². The molecule has 0 radical (unpaired) electrons. The van der Waals surface area contributed by atoms with Crippen LogP contribution in [-0.4, -0.2) is 13.0 Å². The minimum atomic E-state index is -0.826. The van der Waals surface area contributed by atoms with Crippen molar-refractivity contribution in [2.24, 2.45) is 0 Å². The Morgan fingerprint density at radius 3 is 2.79 bits per heavy atom. The van der Waals surface area contributed by atoms with E-state index in [1.54, 1.807) is 36.4 Å². The zero-order valence-electron chi connectivity index (χ0n) is 10.3. The van der Waals surface area contributed by atoms with Crippen molar-refractivity contribution in [2.45, 2.75) is 6.04 Å². The average Bonchev–Trinajstić information content (AvgIpc) is 2.98. The molecule has 5 nitrogen and oxygen atoms in total. The Morgan fingerprint density at radius 2 is 2.16 bits per heavy atom. The largest absolute Gasteiger partial charge is 0.496 e. The normalized spacial score (nSPS) is 11.4. The monoisotopic (exact) mass is 256 g/mol. The Kier molecular flexibility index (Phi) is 3.84. The summed E-state index contributed by atoms with van der Waals surface area (Å²) in [6.07, 6.45) is 1.45. The van der Waals surface area contributed by atoms with Crippen LogP contribution in [0, 0.1) is 11.3 Å².